The van der Waals surface area contributed by atoms with E-state index in [0.717, 1.165) is 23.4 Å². The summed E-state index contributed by atoms with van der Waals surface area (Å²) in [5, 5.41) is 0. The van der Waals surface area contributed by atoms with E-state index in [1.807, 2.05) is 39.0 Å². The molecule has 1 heterocycles. The minimum Gasteiger partial charge on any atom is -0.493 e. The van der Waals surface area contributed by atoms with Crippen LogP contribution in [-0.2, 0) is 16.0 Å². The van der Waals surface area contributed by atoms with Gasteiger partial charge in [-0.2, -0.15) is 0 Å². The highest BCUT2D eigenvalue weighted by atomic mass is 16.6. The second-order valence-corrected chi connectivity index (χ2v) is 6.04. The molecule has 0 spiro atoms. The maximum atomic E-state index is 11.8. The molecule has 0 aliphatic carbocycles. The summed E-state index contributed by atoms with van der Waals surface area (Å²) in [4.78, 5) is 11.8. The minimum atomic E-state index is -0.436. The van der Waals surface area contributed by atoms with E-state index in [0.29, 0.717) is 13.0 Å². The molecule has 1 aromatic rings. The van der Waals surface area contributed by atoms with Crippen molar-refractivity contribution in [1.82, 2.24) is 0 Å². The first-order valence-corrected chi connectivity index (χ1v) is 6.56. The molecule has 1 atom stereocenters. The first kappa shape index (κ1) is 13.7. The number of hydrogen-bond acceptors (Lipinski definition) is 4. The van der Waals surface area contributed by atoms with Crippen molar-refractivity contribution in [3.63, 3.8) is 0 Å². The Morgan fingerprint density at radius 2 is 2.21 bits per heavy atom. The lowest BCUT2D eigenvalue weighted by Crippen LogP contribution is -2.29. The number of nitrogen functional groups attached to an aromatic ring is 1. The van der Waals surface area contributed by atoms with Gasteiger partial charge in [-0.1, -0.05) is 0 Å². The number of nitrogens with two attached hydrogens (primary N) is 1. The summed E-state index contributed by atoms with van der Waals surface area (Å²) in [6, 6.07) is 5.62. The lowest BCUT2D eigenvalue weighted by atomic mass is 9.93. The van der Waals surface area contributed by atoms with Crippen molar-refractivity contribution in [2.24, 2.45) is 5.92 Å². The van der Waals surface area contributed by atoms with Crippen LogP contribution >= 0.6 is 0 Å². The number of hydrogen-bond donors (Lipinski definition) is 1. The first-order chi connectivity index (χ1) is 8.83. The van der Waals surface area contributed by atoms with Gasteiger partial charge < -0.3 is 15.2 Å². The van der Waals surface area contributed by atoms with Gasteiger partial charge in [-0.15, -0.1) is 0 Å². The van der Waals surface area contributed by atoms with Gasteiger partial charge in [-0.25, -0.2) is 0 Å². The Hall–Kier alpha value is -1.71. The zero-order valence-corrected chi connectivity index (χ0v) is 11.7. The summed E-state index contributed by atoms with van der Waals surface area (Å²) < 4.78 is 11.0. The zero-order valence-electron chi connectivity index (χ0n) is 11.7. The van der Waals surface area contributed by atoms with Crippen molar-refractivity contribution in [2.75, 3.05) is 12.3 Å². The standard InChI is InChI=1S/C15H21NO3/c1-15(2,3)19-14(17)7-10-6-11-8-12(16)4-5-13(11)18-9-10/h4-5,8,10H,6-7,9,16H2,1-3H3. The van der Waals surface area contributed by atoms with Crippen LogP contribution in [0.1, 0.15) is 32.8 Å². The van der Waals surface area contributed by atoms with Crippen LogP contribution in [0.2, 0.25) is 0 Å². The average Bonchev–Trinajstić information content (AvgIpc) is 2.25. The molecule has 104 valence electrons. The molecule has 1 aliphatic rings. The Labute approximate surface area is 113 Å². The third kappa shape index (κ3) is 3.88. The normalized spacial score (nSPS) is 18.4. The monoisotopic (exact) mass is 263 g/mol. The summed E-state index contributed by atoms with van der Waals surface area (Å²) >= 11 is 0. The van der Waals surface area contributed by atoms with Gasteiger partial charge >= 0.3 is 5.97 Å². The fourth-order valence-electron chi connectivity index (χ4n) is 2.23. The minimum absolute atomic E-state index is 0.157. The van der Waals surface area contributed by atoms with Crippen LogP contribution < -0.4 is 10.5 Å². The van der Waals surface area contributed by atoms with Crippen LogP contribution in [0.4, 0.5) is 5.69 Å². The smallest absolute Gasteiger partial charge is 0.306 e. The molecule has 0 amide bonds. The Balaban J connectivity index is 1.96. The molecule has 1 aromatic carbocycles. The number of esters is 1. The molecule has 0 saturated heterocycles. The summed E-state index contributed by atoms with van der Waals surface area (Å²) in [5.41, 5.74) is 7.12. The topological polar surface area (TPSA) is 61.5 Å². The SMILES string of the molecule is CC(C)(C)OC(=O)CC1COc2ccc(N)cc2C1. The zero-order chi connectivity index (χ0) is 14.0. The van der Waals surface area contributed by atoms with Gasteiger partial charge in [-0.05, 0) is 51.0 Å². The van der Waals surface area contributed by atoms with Gasteiger partial charge in [0, 0.05) is 11.6 Å². The van der Waals surface area contributed by atoms with E-state index in [4.69, 9.17) is 15.2 Å². The molecule has 0 radical (unpaired) electrons. The second-order valence-electron chi connectivity index (χ2n) is 6.04. The third-order valence-corrected chi connectivity index (χ3v) is 2.94. The molecular weight excluding hydrogens is 242 g/mol. The molecular formula is C15H21NO3. The van der Waals surface area contributed by atoms with Crippen LogP contribution in [0.3, 0.4) is 0 Å². The molecule has 1 unspecified atom stereocenters. The maximum Gasteiger partial charge on any atom is 0.306 e. The molecule has 2 N–H and O–H groups in total. The van der Waals surface area contributed by atoms with E-state index in [9.17, 15) is 4.79 Å². The third-order valence-electron chi connectivity index (χ3n) is 2.94. The molecule has 1 aliphatic heterocycles. The number of fused-ring (bicyclic) bond motifs is 1. The van der Waals surface area contributed by atoms with Crippen LogP contribution in [0, 0.1) is 5.92 Å². The molecule has 0 saturated carbocycles. The van der Waals surface area contributed by atoms with Gasteiger partial charge in [0.05, 0.1) is 13.0 Å². The van der Waals surface area contributed by atoms with Gasteiger partial charge in [-0.3, -0.25) is 4.79 Å². The quantitative estimate of drug-likeness (QED) is 0.658. The van der Waals surface area contributed by atoms with E-state index in [2.05, 4.69) is 0 Å². The maximum absolute atomic E-state index is 11.8. The second kappa shape index (κ2) is 5.11. The van der Waals surface area contributed by atoms with Gasteiger partial charge in [0.15, 0.2) is 0 Å². The Kier molecular flexibility index (Phi) is 3.69. The summed E-state index contributed by atoms with van der Waals surface area (Å²) in [6.45, 7) is 6.17. The predicted molar refractivity (Wildman–Crippen MR) is 74.0 cm³/mol. The number of benzene rings is 1. The number of anilines is 1. The number of rotatable bonds is 2. The number of carbonyl (C=O) groups excluding carboxylic acids is 1. The summed E-state index contributed by atoms with van der Waals surface area (Å²) in [5.74, 6) is 0.854. The van der Waals surface area contributed by atoms with Gasteiger partial charge in [0.1, 0.15) is 11.4 Å². The lowest BCUT2D eigenvalue weighted by Gasteiger charge is -2.26. The predicted octanol–water partition coefficient (Wildman–Crippen LogP) is 2.55. The van der Waals surface area contributed by atoms with Crippen LogP contribution in [0.5, 0.6) is 5.75 Å². The first-order valence-electron chi connectivity index (χ1n) is 6.56. The molecule has 2 rings (SSSR count). The Morgan fingerprint density at radius 1 is 1.47 bits per heavy atom. The Morgan fingerprint density at radius 3 is 2.89 bits per heavy atom. The van der Waals surface area contributed by atoms with Crippen molar-refractivity contribution in [1.29, 1.82) is 0 Å². The number of ether oxygens (including phenoxy) is 2. The van der Waals surface area contributed by atoms with E-state index in [1.165, 1.54) is 0 Å². The van der Waals surface area contributed by atoms with Crippen molar-refractivity contribution >= 4 is 11.7 Å². The Bertz CT molecular complexity index is 477. The highest BCUT2D eigenvalue weighted by Gasteiger charge is 2.25. The highest BCUT2D eigenvalue weighted by molar-refractivity contribution is 5.70. The van der Waals surface area contributed by atoms with Crippen LogP contribution in [0.15, 0.2) is 18.2 Å². The van der Waals surface area contributed by atoms with Crippen molar-refractivity contribution in [2.45, 2.75) is 39.2 Å². The average molecular weight is 263 g/mol. The molecule has 0 aromatic heterocycles. The van der Waals surface area contributed by atoms with Crippen LogP contribution in [-0.4, -0.2) is 18.2 Å². The molecule has 4 heteroatoms. The molecule has 4 nitrogen and oxygen atoms in total. The lowest BCUT2D eigenvalue weighted by molar-refractivity contribution is -0.156. The molecule has 19 heavy (non-hydrogen) atoms. The molecule has 0 bridgehead atoms. The van der Waals surface area contributed by atoms with Gasteiger partial charge in [0.25, 0.3) is 0 Å². The van der Waals surface area contributed by atoms with Crippen molar-refractivity contribution < 1.29 is 14.3 Å². The fourth-order valence-corrected chi connectivity index (χ4v) is 2.23. The van der Waals surface area contributed by atoms with Crippen molar-refractivity contribution in [3.8, 4) is 5.75 Å². The number of carbonyl (C=O) groups is 1. The van der Waals surface area contributed by atoms with Crippen molar-refractivity contribution in [3.05, 3.63) is 23.8 Å². The van der Waals surface area contributed by atoms with Gasteiger partial charge in [0.2, 0.25) is 0 Å². The molecule has 0 fully saturated rings. The van der Waals surface area contributed by atoms with Crippen LogP contribution in [0.25, 0.3) is 0 Å². The summed E-state index contributed by atoms with van der Waals surface area (Å²) in [6.07, 6.45) is 1.19. The van der Waals surface area contributed by atoms with E-state index in [1.54, 1.807) is 0 Å². The largest absolute Gasteiger partial charge is 0.493 e. The summed E-state index contributed by atoms with van der Waals surface area (Å²) in [7, 11) is 0. The highest BCUT2D eigenvalue weighted by Crippen LogP contribution is 2.30. The van der Waals surface area contributed by atoms with E-state index >= 15 is 0 Å². The van der Waals surface area contributed by atoms with E-state index < -0.39 is 5.60 Å². The van der Waals surface area contributed by atoms with E-state index in [-0.39, 0.29) is 11.9 Å². The fraction of sp³-hybridized carbons (Fsp3) is 0.533.